The summed E-state index contributed by atoms with van der Waals surface area (Å²) >= 11 is 0. The van der Waals surface area contributed by atoms with Crippen molar-refractivity contribution in [2.75, 3.05) is 47.5 Å². The molecule has 2 unspecified atom stereocenters. The summed E-state index contributed by atoms with van der Waals surface area (Å²) in [6.07, 6.45) is 56.5. The van der Waals surface area contributed by atoms with Crippen molar-refractivity contribution in [3.63, 3.8) is 0 Å². The molecule has 0 aromatic rings. The first-order valence-corrected chi connectivity index (χ1v) is 28.7. The summed E-state index contributed by atoms with van der Waals surface area (Å²) in [5, 5.41) is 0. The van der Waals surface area contributed by atoms with E-state index >= 15 is 0 Å². The maximum absolute atomic E-state index is 12.7. The molecular formula is C55H105NO8P+. The Bertz CT molecular complexity index is 1200. The highest BCUT2D eigenvalue weighted by Gasteiger charge is 2.27. The SMILES string of the molecule is CC/C=C\C/C=C\C/C=C\CCCCCCCC(=O)OC(COC(=O)CCCCCCCCCCCCCCCCCCCCCCCCCCCC)COP(=O)(O)OCC[N+](C)(C)C. The first-order valence-electron chi connectivity index (χ1n) is 27.2. The maximum Gasteiger partial charge on any atom is 0.472 e. The molecular weight excluding hydrogens is 834 g/mol. The van der Waals surface area contributed by atoms with Gasteiger partial charge in [0.15, 0.2) is 6.10 Å². The Kier molecular flexibility index (Phi) is 46.0. The fourth-order valence-electron chi connectivity index (χ4n) is 7.74. The van der Waals surface area contributed by atoms with Crippen molar-refractivity contribution in [1.82, 2.24) is 0 Å². The third kappa shape index (κ3) is 51.5. The largest absolute Gasteiger partial charge is 0.472 e. The smallest absolute Gasteiger partial charge is 0.462 e. The molecule has 2 atom stereocenters. The van der Waals surface area contributed by atoms with Crippen LogP contribution < -0.4 is 0 Å². The summed E-state index contributed by atoms with van der Waals surface area (Å²) in [7, 11) is 1.47. The van der Waals surface area contributed by atoms with E-state index in [2.05, 4.69) is 50.3 Å². The summed E-state index contributed by atoms with van der Waals surface area (Å²) in [6, 6.07) is 0. The number of phosphoric ester groups is 1. The zero-order valence-electron chi connectivity index (χ0n) is 43.2. The summed E-state index contributed by atoms with van der Waals surface area (Å²) in [5.74, 6) is -0.808. The lowest BCUT2D eigenvalue weighted by Crippen LogP contribution is -2.37. The highest BCUT2D eigenvalue weighted by molar-refractivity contribution is 7.47. The number of quaternary nitrogens is 1. The minimum absolute atomic E-state index is 0.0289. The number of likely N-dealkylation sites (N-methyl/N-ethyl adjacent to an activating group) is 1. The number of carbonyl (C=O) groups is 2. The van der Waals surface area contributed by atoms with Crippen LogP contribution in [0.4, 0.5) is 0 Å². The Morgan fingerprint density at radius 3 is 1.31 bits per heavy atom. The van der Waals surface area contributed by atoms with Crippen LogP contribution in [0.15, 0.2) is 36.5 Å². The molecule has 65 heavy (non-hydrogen) atoms. The fourth-order valence-corrected chi connectivity index (χ4v) is 8.48. The zero-order valence-corrected chi connectivity index (χ0v) is 44.1. The topological polar surface area (TPSA) is 108 Å². The van der Waals surface area contributed by atoms with Crippen molar-refractivity contribution in [2.45, 2.75) is 258 Å². The van der Waals surface area contributed by atoms with Gasteiger partial charge in [-0.2, -0.15) is 0 Å². The number of carbonyl (C=O) groups excluding carboxylic acids is 2. The number of allylic oxidation sites excluding steroid dienone is 6. The summed E-state index contributed by atoms with van der Waals surface area (Å²) in [4.78, 5) is 35.6. The lowest BCUT2D eigenvalue weighted by Gasteiger charge is -2.24. The van der Waals surface area contributed by atoms with Gasteiger partial charge in [0.05, 0.1) is 27.7 Å². The van der Waals surface area contributed by atoms with Crippen molar-refractivity contribution in [3.05, 3.63) is 36.5 Å². The molecule has 0 radical (unpaired) electrons. The molecule has 1 N–H and O–H groups in total. The van der Waals surface area contributed by atoms with E-state index < -0.39 is 26.5 Å². The molecule has 9 nitrogen and oxygen atoms in total. The minimum Gasteiger partial charge on any atom is -0.462 e. The van der Waals surface area contributed by atoms with Crippen LogP contribution in [-0.2, 0) is 32.7 Å². The first-order chi connectivity index (χ1) is 31.5. The predicted molar refractivity (Wildman–Crippen MR) is 275 cm³/mol. The number of phosphoric acid groups is 1. The van der Waals surface area contributed by atoms with E-state index in [1.165, 1.54) is 148 Å². The van der Waals surface area contributed by atoms with E-state index in [0.29, 0.717) is 17.4 Å². The summed E-state index contributed by atoms with van der Waals surface area (Å²) in [6.45, 7) is 4.33. The van der Waals surface area contributed by atoms with Crippen LogP contribution in [0.1, 0.15) is 251 Å². The fraction of sp³-hybridized carbons (Fsp3) is 0.855. The molecule has 10 heteroatoms. The van der Waals surface area contributed by atoms with E-state index in [1.807, 2.05) is 21.1 Å². The molecule has 0 spiro atoms. The number of rotatable bonds is 50. The normalized spacial score (nSPS) is 13.6. The molecule has 0 saturated carbocycles. The molecule has 0 amide bonds. The van der Waals surface area contributed by atoms with Gasteiger partial charge in [-0.05, 0) is 44.9 Å². The molecule has 0 saturated heterocycles. The van der Waals surface area contributed by atoms with Gasteiger partial charge in [0.2, 0.25) is 0 Å². The van der Waals surface area contributed by atoms with Crippen LogP contribution in [0.2, 0.25) is 0 Å². The monoisotopic (exact) mass is 939 g/mol. The molecule has 0 aromatic carbocycles. The molecule has 0 rings (SSSR count). The lowest BCUT2D eigenvalue weighted by atomic mass is 10.0. The molecule has 0 aromatic heterocycles. The van der Waals surface area contributed by atoms with Crippen LogP contribution >= 0.6 is 7.82 Å². The second-order valence-corrected chi connectivity index (χ2v) is 21.0. The van der Waals surface area contributed by atoms with Crippen LogP contribution in [0.5, 0.6) is 0 Å². The molecule has 0 heterocycles. The third-order valence-electron chi connectivity index (χ3n) is 11.9. The molecule has 0 aliphatic rings. The van der Waals surface area contributed by atoms with Crippen LogP contribution in [0.3, 0.4) is 0 Å². The average molecular weight is 939 g/mol. The molecule has 382 valence electrons. The zero-order chi connectivity index (χ0) is 47.8. The van der Waals surface area contributed by atoms with Gasteiger partial charge >= 0.3 is 19.8 Å². The summed E-state index contributed by atoms with van der Waals surface area (Å²) < 4.78 is 34.5. The number of ether oxygens (including phenoxy) is 2. The van der Waals surface area contributed by atoms with E-state index in [4.69, 9.17) is 18.5 Å². The average Bonchev–Trinajstić information content (AvgIpc) is 3.26. The van der Waals surface area contributed by atoms with Gasteiger partial charge in [-0.3, -0.25) is 18.6 Å². The van der Waals surface area contributed by atoms with Crippen molar-refractivity contribution in [2.24, 2.45) is 0 Å². The lowest BCUT2D eigenvalue weighted by molar-refractivity contribution is -0.870. The van der Waals surface area contributed by atoms with E-state index in [1.54, 1.807) is 0 Å². The van der Waals surface area contributed by atoms with E-state index in [0.717, 1.165) is 70.6 Å². The van der Waals surface area contributed by atoms with Crippen LogP contribution in [0.25, 0.3) is 0 Å². The van der Waals surface area contributed by atoms with Crippen LogP contribution in [0, 0.1) is 0 Å². The Labute approximate surface area is 401 Å². The van der Waals surface area contributed by atoms with E-state index in [9.17, 15) is 19.0 Å². The number of esters is 2. The molecule has 0 aliphatic carbocycles. The standard InChI is InChI=1S/C55H104NO8P/c1-6-8-10-12-14-16-18-20-22-23-24-25-26-27-28-29-30-31-32-34-35-37-39-41-43-45-47-54(57)61-51-53(52-63-65(59,60)62-50-49-56(3,4)5)64-55(58)48-46-44-42-40-38-36-33-21-19-17-15-13-11-9-7-2/h9,11,15,17,21,33,53H,6-8,10,12-14,16,18-20,22-32,34-52H2,1-5H3/p+1/b11-9-,17-15-,33-21-. The van der Waals surface area contributed by atoms with Gasteiger partial charge in [0.1, 0.15) is 19.8 Å². The Hall–Kier alpha value is -1.77. The minimum atomic E-state index is -4.38. The van der Waals surface area contributed by atoms with Crippen molar-refractivity contribution < 1.29 is 42.1 Å². The quantitative estimate of drug-likeness (QED) is 0.0211. The molecule has 0 fully saturated rings. The Morgan fingerprint density at radius 1 is 0.492 bits per heavy atom. The van der Waals surface area contributed by atoms with Gasteiger partial charge in [-0.1, -0.05) is 230 Å². The third-order valence-corrected chi connectivity index (χ3v) is 12.9. The van der Waals surface area contributed by atoms with Gasteiger partial charge in [-0.15, -0.1) is 0 Å². The number of hydrogen-bond acceptors (Lipinski definition) is 7. The maximum atomic E-state index is 12.7. The molecule has 0 bridgehead atoms. The van der Waals surface area contributed by atoms with Gasteiger partial charge in [0.25, 0.3) is 0 Å². The second-order valence-electron chi connectivity index (χ2n) is 19.6. The van der Waals surface area contributed by atoms with E-state index in [-0.39, 0.29) is 32.0 Å². The predicted octanol–water partition coefficient (Wildman–Crippen LogP) is 16.4. The number of hydrogen-bond donors (Lipinski definition) is 1. The second kappa shape index (κ2) is 47.3. The van der Waals surface area contributed by atoms with Crippen molar-refractivity contribution >= 4 is 19.8 Å². The number of nitrogens with zero attached hydrogens (tertiary/aromatic N) is 1. The van der Waals surface area contributed by atoms with Crippen molar-refractivity contribution in [1.29, 1.82) is 0 Å². The molecule has 0 aliphatic heterocycles. The highest BCUT2D eigenvalue weighted by atomic mass is 31.2. The van der Waals surface area contributed by atoms with Crippen LogP contribution in [-0.4, -0.2) is 74.9 Å². The van der Waals surface area contributed by atoms with Crippen molar-refractivity contribution in [3.8, 4) is 0 Å². The Balaban J connectivity index is 4.11. The Morgan fingerprint density at radius 2 is 0.877 bits per heavy atom. The highest BCUT2D eigenvalue weighted by Crippen LogP contribution is 2.43. The van der Waals surface area contributed by atoms with Gasteiger partial charge in [-0.25, -0.2) is 4.57 Å². The number of unbranched alkanes of at least 4 members (excludes halogenated alkanes) is 30. The summed E-state index contributed by atoms with van der Waals surface area (Å²) in [5.41, 5.74) is 0. The first kappa shape index (κ1) is 63.2. The van der Waals surface area contributed by atoms with Gasteiger partial charge < -0.3 is 18.9 Å². The van der Waals surface area contributed by atoms with Gasteiger partial charge in [0, 0.05) is 12.8 Å².